The van der Waals surface area contributed by atoms with Crippen LogP contribution >= 0.6 is 0 Å². The quantitative estimate of drug-likeness (QED) is 0.656. The summed E-state index contributed by atoms with van der Waals surface area (Å²) >= 11 is 0. The Hall–Kier alpha value is -1.44. The van der Waals surface area contributed by atoms with Gasteiger partial charge in [-0.15, -0.1) is 0 Å². The van der Waals surface area contributed by atoms with Gasteiger partial charge < -0.3 is 10.6 Å². The molecule has 2 aliphatic rings. The van der Waals surface area contributed by atoms with Gasteiger partial charge in [0.25, 0.3) is 0 Å². The Morgan fingerprint density at radius 2 is 2.14 bits per heavy atom. The van der Waals surface area contributed by atoms with E-state index in [2.05, 4.69) is 61.1 Å². The van der Waals surface area contributed by atoms with Gasteiger partial charge in [0.1, 0.15) is 0 Å². The minimum absolute atomic E-state index is 0.316. The Bertz CT molecular complexity index is 334. The first-order valence-electron chi connectivity index (χ1n) is 5.01. The lowest BCUT2D eigenvalue weighted by molar-refractivity contribution is 0.704. The molecule has 14 heavy (non-hydrogen) atoms. The van der Waals surface area contributed by atoms with Gasteiger partial charge in [-0.3, -0.25) is 0 Å². The van der Waals surface area contributed by atoms with E-state index in [1.807, 2.05) is 0 Å². The topological polar surface area (TPSA) is 24.1 Å². The van der Waals surface area contributed by atoms with Gasteiger partial charge in [0.15, 0.2) is 0 Å². The Morgan fingerprint density at radius 1 is 1.29 bits per heavy atom. The second-order valence-electron chi connectivity index (χ2n) is 3.82. The molecule has 0 aliphatic carbocycles. The number of allylic oxidation sites excluding steroid dienone is 3. The molecule has 2 heterocycles. The van der Waals surface area contributed by atoms with Crippen molar-refractivity contribution in [3.05, 3.63) is 47.9 Å². The number of dihydropyridines is 2. The second kappa shape index (κ2) is 3.74. The van der Waals surface area contributed by atoms with Crippen molar-refractivity contribution in [3.8, 4) is 0 Å². The molecule has 0 radical (unpaired) electrons. The molecule has 0 saturated carbocycles. The van der Waals surface area contributed by atoms with E-state index >= 15 is 0 Å². The molecule has 74 valence electrons. The highest BCUT2D eigenvalue weighted by atomic mass is 14.9. The van der Waals surface area contributed by atoms with Crippen molar-refractivity contribution in [3.63, 3.8) is 0 Å². The van der Waals surface area contributed by atoms with Crippen molar-refractivity contribution < 1.29 is 0 Å². The lowest BCUT2D eigenvalue weighted by Crippen LogP contribution is -2.32. The predicted octanol–water partition coefficient (Wildman–Crippen LogP) is 1.85. The summed E-state index contributed by atoms with van der Waals surface area (Å²) in [6.07, 6.45) is 12.8. The van der Waals surface area contributed by atoms with Gasteiger partial charge in [0.05, 0.1) is 6.04 Å². The fraction of sp³-hybridized carbons (Fsp3) is 0.333. The van der Waals surface area contributed by atoms with Crippen molar-refractivity contribution in [2.75, 3.05) is 0 Å². The fourth-order valence-electron chi connectivity index (χ4n) is 1.63. The minimum atomic E-state index is 0.316. The largest absolute Gasteiger partial charge is 0.385 e. The van der Waals surface area contributed by atoms with Crippen LogP contribution in [-0.2, 0) is 0 Å². The lowest BCUT2D eigenvalue weighted by Gasteiger charge is -2.24. The zero-order chi connectivity index (χ0) is 9.97. The van der Waals surface area contributed by atoms with Crippen LogP contribution in [0.15, 0.2) is 47.9 Å². The van der Waals surface area contributed by atoms with E-state index in [-0.39, 0.29) is 0 Å². The Balaban J connectivity index is 2.08. The highest BCUT2D eigenvalue weighted by Crippen LogP contribution is 2.14. The van der Waals surface area contributed by atoms with E-state index in [0.717, 1.165) is 0 Å². The van der Waals surface area contributed by atoms with Gasteiger partial charge in [-0.05, 0) is 25.5 Å². The molecule has 0 aromatic heterocycles. The molecular formula is C12H16N2. The molecule has 2 N–H and O–H groups in total. The number of hydrogen-bond donors (Lipinski definition) is 2. The van der Waals surface area contributed by atoms with Gasteiger partial charge in [-0.25, -0.2) is 0 Å². The Morgan fingerprint density at radius 3 is 2.79 bits per heavy atom. The minimum Gasteiger partial charge on any atom is -0.385 e. The maximum Gasteiger partial charge on any atom is 0.0711 e. The van der Waals surface area contributed by atoms with Crippen LogP contribution < -0.4 is 10.6 Å². The summed E-state index contributed by atoms with van der Waals surface area (Å²) in [5.74, 6) is 0. The molecule has 0 aromatic rings. The molecule has 0 bridgehead atoms. The molecule has 0 aromatic carbocycles. The van der Waals surface area contributed by atoms with Gasteiger partial charge in [-0.1, -0.05) is 24.3 Å². The molecule has 0 spiro atoms. The molecule has 2 aliphatic heterocycles. The summed E-state index contributed by atoms with van der Waals surface area (Å²) in [6, 6.07) is 0.763. The fourth-order valence-corrected chi connectivity index (χ4v) is 1.63. The van der Waals surface area contributed by atoms with Crippen LogP contribution in [0.3, 0.4) is 0 Å². The number of nitrogens with one attached hydrogen (secondary N) is 2. The van der Waals surface area contributed by atoms with Crippen LogP contribution in [-0.4, -0.2) is 12.1 Å². The molecule has 2 rings (SSSR count). The van der Waals surface area contributed by atoms with Crippen LogP contribution in [0, 0.1) is 0 Å². The molecule has 0 fully saturated rings. The zero-order valence-electron chi connectivity index (χ0n) is 8.62. The summed E-state index contributed by atoms with van der Waals surface area (Å²) in [5.41, 5.74) is 2.50. The van der Waals surface area contributed by atoms with E-state index in [9.17, 15) is 0 Å². The zero-order valence-corrected chi connectivity index (χ0v) is 8.62. The highest BCUT2D eigenvalue weighted by molar-refractivity contribution is 5.36. The van der Waals surface area contributed by atoms with E-state index in [1.165, 1.54) is 11.3 Å². The van der Waals surface area contributed by atoms with Crippen molar-refractivity contribution >= 4 is 0 Å². The standard InChI is InChI=1S/C12H16N2/c1-9-6-7-11(8-13-9)12-5-3-4-10(2)14-12/h3-9,12-14H,1-2H3. The summed E-state index contributed by atoms with van der Waals surface area (Å²) in [4.78, 5) is 0. The molecule has 0 saturated heterocycles. The first-order valence-corrected chi connectivity index (χ1v) is 5.01. The van der Waals surface area contributed by atoms with Gasteiger partial charge in [0.2, 0.25) is 0 Å². The predicted molar refractivity (Wildman–Crippen MR) is 59.6 cm³/mol. The van der Waals surface area contributed by atoms with E-state index < -0.39 is 0 Å². The Kier molecular flexibility index (Phi) is 2.44. The third-order valence-corrected chi connectivity index (χ3v) is 2.48. The molecule has 0 amide bonds. The third-order valence-electron chi connectivity index (χ3n) is 2.48. The average Bonchev–Trinajstić information content (AvgIpc) is 2.19. The molecule has 2 atom stereocenters. The van der Waals surface area contributed by atoms with Crippen molar-refractivity contribution in [2.24, 2.45) is 0 Å². The van der Waals surface area contributed by atoms with Crippen molar-refractivity contribution in [1.82, 2.24) is 10.6 Å². The van der Waals surface area contributed by atoms with Gasteiger partial charge in [-0.2, -0.15) is 0 Å². The van der Waals surface area contributed by atoms with E-state index in [1.54, 1.807) is 0 Å². The monoisotopic (exact) mass is 188 g/mol. The summed E-state index contributed by atoms with van der Waals surface area (Å²) in [7, 11) is 0. The summed E-state index contributed by atoms with van der Waals surface area (Å²) in [5, 5.41) is 6.72. The first-order chi connectivity index (χ1) is 6.75. The normalized spacial score (nSPS) is 30.1. The smallest absolute Gasteiger partial charge is 0.0711 e. The third kappa shape index (κ3) is 1.90. The van der Waals surface area contributed by atoms with Crippen LogP contribution in [0.25, 0.3) is 0 Å². The maximum atomic E-state index is 3.42. The van der Waals surface area contributed by atoms with Gasteiger partial charge in [0, 0.05) is 17.9 Å². The number of hydrogen-bond acceptors (Lipinski definition) is 2. The number of rotatable bonds is 1. The molecule has 2 nitrogen and oxygen atoms in total. The summed E-state index contributed by atoms with van der Waals surface area (Å²) < 4.78 is 0. The van der Waals surface area contributed by atoms with Crippen LogP contribution in [0.2, 0.25) is 0 Å². The lowest BCUT2D eigenvalue weighted by atomic mass is 10.0. The molecule has 2 unspecified atom stereocenters. The van der Waals surface area contributed by atoms with Crippen LogP contribution in [0.5, 0.6) is 0 Å². The first kappa shape index (κ1) is 9.13. The molecular weight excluding hydrogens is 172 g/mol. The van der Waals surface area contributed by atoms with Gasteiger partial charge >= 0.3 is 0 Å². The summed E-state index contributed by atoms with van der Waals surface area (Å²) in [6.45, 7) is 4.22. The van der Waals surface area contributed by atoms with Crippen LogP contribution in [0.1, 0.15) is 13.8 Å². The van der Waals surface area contributed by atoms with E-state index in [4.69, 9.17) is 0 Å². The van der Waals surface area contributed by atoms with E-state index in [0.29, 0.717) is 12.1 Å². The Labute approximate surface area is 85.1 Å². The SMILES string of the molecule is CC1=CC=CC(C2=CNC(C)C=C2)N1. The highest BCUT2D eigenvalue weighted by Gasteiger charge is 2.13. The van der Waals surface area contributed by atoms with Crippen molar-refractivity contribution in [1.29, 1.82) is 0 Å². The van der Waals surface area contributed by atoms with Crippen LogP contribution in [0.4, 0.5) is 0 Å². The molecule has 2 heteroatoms. The van der Waals surface area contributed by atoms with Crippen molar-refractivity contribution in [2.45, 2.75) is 25.9 Å². The maximum absolute atomic E-state index is 3.42. The second-order valence-corrected chi connectivity index (χ2v) is 3.82. The average molecular weight is 188 g/mol.